The lowest BCUT2D eigenvalue weighted by Gasteiger charge is -2.58. The van der Waals surface area contributed by atoms with Crippen LogP contribution in [0.5, 0.6) is 0 Å². The zero-order valence-electron chi connectivity index (χ0n) is 31.9. The van der Waals surface area contributed by atoms with Crippen LogP contribution in [-0.4, -0.2) is 12.1 Å². The molecule has 4 aliphatic rings. The van der Waals surface area contributed by atoms with Gasteiger partial charge in [0.05, 0.1) is 0 Å². The normalized spacial score (nSPS) is 33.6. The molecule has 0 bridgehead atoms. The lowest BCUT2D eigenvalue weighted by atomic mass is 9.47. The van der Waals surface area contributed by atoms with Crippen molar-refractivity contribution >= 4 is 5.97 Å². The van der Waals surface area contributed by atoms with E-state index in [1.807, 2.05) is 0 Å². The summed E-state index contributed by atoms with van der Waals surface area (Å²) in [6.45, 7) is 17.3. The van der Waals surface area contributed by atoms with Gasteiger partial charge >= 0.3 is 5.97 Å². The number of ether oxygens (including phenoxy) is 1. The van der Waals surface area contributed by atoms with Crippen molar-refractivity contribution in [1.82, 2.24) is 0 Å². The Bertz CT molecular complexity index is 1080. The molecule has 0 amide bonds. The van der Waals surface area contributed by atoms with E-state index in [-0.39, 0.29) is 12.1 Å². The average Bonchev–Trinajstić information content (AvgIpc) is 3.41. The lowest BCUT2D eigenvalue weighted by molar-refractivity contribution is -0.151. The third-order valence-electron chi connectivity index (χ3n) is 14.2. The fourth-order valence-electron chi connectivity index (χ4n) is 11.2. The molecule has 3 fully saturated rings. The van der Waals surface area contributed by atoms with E-state index in [9.17, 15) is 4.79 Å². The van der Waals surface area contributed by atoms with Gasteiger partial charge in [0, 0.05) is 12.8 Å². The van der Waals surface area contributed by atoms with Gasteiger partial charge in [-0.1, -0.05) is 129 Å². The SMILES string of the molecule is CC/C=C/C=C/C=C\CCCCCCCC(=O)OC1CCC2(C)C(=CCC3C2CCC2(C)C(C(C)CCC(CC)C(C)C)CCC32)C1. The fraction of sp³-hybridized carbons (Fsp3) is 0.800. The van der Waals surface area contributed by atoms with Gasteiger partial charge in [-0.15, -0.1) is 0 Å². The first-order valence-corrected chi connectivity index (χ1v) is 20.5. The minimum atomic E-state index is 0.0398. The summed E-state index contributed by atoms with van der Waals surface area (Å²) in [6, 6.07) is 0. The van der Waals surface area contributed by atoms with E-state index in [1.165, 1.54) is 77.0 Å². The van der Waals surface area contributed by atoms with Gasteiger partial charge in [-0.05, 0) is 129 Å². The quantitative estimate of drug-likeness (QED) is 0.0641. The predicted octanol–water partition coefficient (Wildman–Crippen LogP) is 13.4. The van der Waals surface area contributed by atoms with E-state index in [0.717, 1.165) is 80.0 Å². The molecular weight excluding hydrogens is 572 g/mol. The van der Waals surface area contributed by atoms with Gasteiger partial charge < -0.3 is 4.74 Å². The first-order valence-electron chi connectivity index (χ1n) is 20.5. The Balaban J connectivity index is 1.19. The highest BCUT2D eigenvalue weighted by molar-refractivity contribution is 5.69. The van der Waals surface area contributed by atoms with E-state index in [0.29, 0.717) is 17.3 Å². The molecule has 0 heterocycles. The molecule has 0 radical (unpaired) electrons. The Morgan fingerprint density at radius 1 is 0.872 bits per heavy atom. The minimum Gasteiger partial charge on any atom is -0.462 e. The molecule has 0 spiro atoms. The number of hydrogen-bond acceptors (Lipinski definition) is 2. The molecule has 47 heavy (non-hydrogen) atoms. The molecule has 9 unspecified atom stereocenters. The zero-order valence-corrected chi connectivity index (χ0v) is 31.9. The second kappa shape index (κ2) is 18.4. The first kappa shape index (κ1) is 38.2. The summed E-state index contributed by atoms with van der Waals surface area (Å²) in [7, 11) is 0. The van der Waals surface area contributed by atoms with E-state index in [4.69, 9.17) is 4.74 Å². The Morgan fingerprint density at radius 3 is 2.36 bits per heavy atom. The van der Waals surface area contributed by atoms with Gasteiger partial charge in [0.15, 0.2) is 0 Å². The molecule has 9 atom stereocenters. The molecule has 0 aliphatic heterocycles. The standard InChI is InChI=1S/C45H74O2/c1-8-10-11-12-13-14-15-16-17-18-19-20-21-22-43(46)47-38-29-31-44(6)37(33-38)25-26-39-41-28-27-40(45(41,7)32-30-42(39)44)35(5)23-24-36(9-2)34(3)4/h10-15,25,34-36,38-42H,8-9,16-24,26-33H2,1-7H3/b11-10+,13-12+,15-14-. The van der Waals surface area contributed by atoms with Crippen LogP contribution in [0, 0.1) is 52.3 Å². The molecule has 2 nitrogen and oxygen atoms in total. The largest absolute Gasteiger partial charge is 0.462 e. The molecule has 2 heteroatoms. The van der Waals surface area contributed by atoms with Gasteiger partial charge in [-0.3, -0.25) is 4.79 Å². The first-order chi connectivity index (χ1) is 22.6. The van der Waals surface area contributed by atoms with Crippen molar-refractivity contribution in [3.63, 3.8) is 0 Å². The Hall–Kier alpha value is -1.57. The highest BCUT2D eigenvalue weighted by atomic mass is 16.5. The number of allylic oxidation sites excluding steroid dienone is 7. The van der Waals surface area contributed by atoms with E-state index >= 15 is 0 Å². The number of carbonyl (C=O) groups excluding carboxylic acids is 1. The molecule has 0 N–H and O–H groups in total. The van der Waals surface area contributed by atoms with Crippen LogP contribution in [-0.2, 0) is 9.53 Å². The van der Waals surface area contributed by atoms with Crippen LogP contribution in [0.15, 0.2) is 48.1 Å². The highest BCUT2D eigenvalue weighted by Gasteiger charge is 2.59. The average molecular weight is 647 g/mol. The summed E-state index contributed by atoms with van der Waals surface area (Å²) < 4.78 is 6.12. The van der Waals surface area contributed by atoms with Crippen LogP contribution < -0.4 is 0 Å². The van der Waals surface area contributed by atoms with Crippen molar-refractivity contribution in [2.45, 2.75) is 177 Å². The van der Waals surface area contributed by atoms with Crippen LogP contribution in [0.2, 0.25) is 0 Å². The second-order valence-corrected chi connectivity index (χ2v) is 17.3. The number of fused-ring (bicyclic) bond motifs is 5. The predicted molar refractivity (Wildman–Crippen MR) is 202 cm³/mol. The van der Waals surface area contributed by atoms with Gasteiger partial charge in [0.1, 0.15) is 6.10 Å². The third kappa shape index (κ3) is 9.78. The molecule has 0 aromatic rings. The number of hydrogen-bond donors (Lipinski definition) is 0. The number of unbranched alkanes of at least 4 members (excludes halogenated alkanes) is 5. The number of carbonyl (C=O) groups is 1. The van der Waals surface area contributed by atoms with Crippen molar-refractivity contribution < 1.29 is 9.53 Å². The van der Waals surface area contributed by atoms with Gasteiger partial charge in [-0.2, -0.15) is 0 Å². The van der Waals surface area contributed by atoms with Crippen LogP contribution in [0.3, 0.4) is 0 Å². The molecule has 4 aliphatic carbocycles. The van der Waals surface area contributed by atoms with E-state index < -0.39 is 0 Å². The summed E-state index contributed by atoms with van der Waals surface area (Å²) in [5.41, 5.74) is 2.49. The topological polar surface area (TPSA) is 26.3 Å². The van der Waals surface area contributed by atoms with Gasteiger partial charge in [0.2, 0.25) is 0 Å². The van der Waals surface area contributed by atoms with Crippen molar-refractivity contribution in [2.24, 2.45) is 52.3 Å². The van der Waals surface area contributed by atoms with Crippen LogP contribution in [0.25, 0.3) is 0 Å². The Kier molecular flexibility index (Phi) is 15.0. The van der Waals surface area contributed by atoms with Crippen LogP contribution in [0.1, 0.15) is 170 Å². The summed E-state index contributed by atoms with van der Waals surface area (Å²) >= 11 is 0. The second-order valence-electron chi connectivity index (χ2n) is 17.3. The maximum absolute atomic E-state index is 12.8. The fourth-order valence-corrected chi connectivity index (χ4v) is 11.2. The van der Waals surface area contributed by atoms with Crippen LogP contribution in [0.4, 0.5) is 0 Å². The summed E-state index contributed by atoms with van der Waals surface area (Å²) in [5, 5.41) is 0. The van der Waals surface area contributed by atoms with E-state index in [2.05, 4.69) is 91.0 Å². The summed E-state index contributed by atoms with van der Waals surface area (Å²) in [6.07, 6.45) is 38.7. The van der Waals surface area contributed by atoms with Crippen molar-refractivity contribution in [3.05, 3.63) is 48.1 Å². The van der Waals surface area contributed by atoms with E-state index in [1.54, 1.807) is 5.57 Å². The molecule has 4 rings (SSSR count). The van der Waals surface area contributed by atoms with Gasteiger partial charge in [-0.25, -0.2) is 0 Å². The summed E-state index contributed by atoms with van der Waals surface area (Å²) in [5.74, 6) is 6.10. The van der Waals surface area contributed by atoms with Crippen molar-refractivity contribution in [2.75, 3.05) is 0 Å². The molecule has 3 saturated carbocycles. The zero-order chi connectivity index (χ0) is 33.9. The third-order valence-corrected chi connectivity index (χ3v) is 14.2. The molecule has 0 saturated heterocycles. The summed E-state index contributed by atoms with van der Waals surface area (Å²) in [4.78, 5) is 12.8. The molecule has 0 aromatic carbocycles. The number of rotatable bonds is 18. The van der Waals surface area contributed by atoms with Crippen molar-refractivity contribution in [3.8, 4) is 0 Å². The molecule has 266 valence electrons. The molecular formula is C45H74O2. The van der Waals surface area contributed by atoms with Crippen molar-refractivity contribution in [1.29, 1.82) is 0 Å². The Labute approximate surface area is 291 Å². The number of esters is 1. The monoisotopic (exact) mass is 647 g/mol. The van der Waals surface area contributed by atoms with Gasteiger partial charge in [0.25, 0.3) is 0 Å². The van der Waals surface area contributed by atoms with Crippen LogP contribution >= 0.6 is 0 Å². The molecule has 0 aromatic heterocycles. The smallest absolute Gasteiger partial charge is 0.306 e. The lowest BCUT2D eigenvalue weighted by Crippen LogP contribution is -2.51. The minimum absolute atomic E-state index is 0.0398. The maximum Gasteiger partial charge on any atom is 0.306 e. The Morgan fingerprint density at radius 2 is 1.62 bits per heavy atom. The maximum atomic E-state index is 12.8. The highest BCUT2D eigenvalue weighted by Crippen LogP contribution is 2.67.